The van der Waals surface area contributed by atoms with Crippen molar-refractivity contribution < 1.29 is 9.59 Å². The molecule has 0 radical (unpaired) electrons. The van der Waals surface area contributed by atoms with Crippen LogP contribution in [-0.4, -0.2) is 51.9 Å². The number of aryl methyl sites for hydroxylation is 1. The van der Waals surface area contributed by atoms with Crippen LogP contribution in [0.5, 0.6) is 0 Å². The maximum absolute atomic E-state index is 13.4. The minimum atomic E-state index is -0.550. The van der Waals surface area contributed by atoms with E-state index in [1.807, 2.05) is 67.7 Å². The number of piperidine rings is 1. The second-order valence-corrected chi connectivity index (χ2v) is 8.37. The van der Waals surface area contributed by atoms with Crippen LogP contribution in [-0.2, 0) is 16.0 Å². The van der Waals surface area contributed by atoms with Crippen molar-refractivity contribution in [1.29, 1.82) is 0 Å². The van der Waals surface area contributed by atoms with E-state index in [1.54, 1.807) is 9.80 Å². The highest BCUT2D eigenvalue weighted by atomic mass is 16.2. The predicted molar refractivity (Wildman–Crippen MR) is 125 cm³/mol. The maximum atomic E-state index is 13.4. The molecule has 4 rings (SSSR count). The largest absolute Gasteiger partial charge is 0.344 e. The SMILES string of the molecule is CN(CCCc1cc(-c2ccccc2)n[nH]1)C(=O)C(c1ccccc1)N1CCCCC1=O. The molecule has 32 heavy (non-hydrogen) atoms. The molecule has 1 saturated heterocycles. The molecule has 6 nitrogen and oxygen atoms in total. The number of nitrogens with zero attached hydrogens (tertiary/aromatic N) is 3. The third-order valence-corrected chi connectivity index (χ3v) is 6.04. The van der Waals surface area contributed by atoms with E-state index in [-0.39, 0.29) is 11.8 Å². The van der Waals surface area contributed by atoms with Gasteiger partial charge in [-0.1, -0.05) is 60.7 Å². The molecule has 2 aromatic carbocycles. The summed E-state index contributed by atoms with van der Waals surface area (Å²) >= 11 is 0. The molecule has 6 heteroatoms. The molecule has 3 aromatic rings. The van der Waals surface area contributed by atoms with E-state index in [0.29, 0.717) is 19.5 Å². The van der Waals surface area contributed by atoms with E-state index >= 15 is 0 Å². The van der Waals surface area contributed by atoms with Gasteiger partial charge in [0.2, 0.25) is 11.8 Å². The van der Waals surface area contributed by atoms with Gasteiger partial charge in [-0.3, -0.25) is 14.7 Å². The fourth-order valence-electron chi connectivity index (χ4n) is 4.26. The maximum Gasteiger partial charge on any atom is 0.249 e. The number of aromatic nitrogens is 2. The molecule has 0 saturated carbocycles. The van der Waals surface area contributed by atoms with Crippen molar-refractivity contribution in [3.8, 4) is 11.3 Å². The van der Waals surface area contributed by atoms with Crippen molar-refractivity contribution in [2.24, 2.45) is 0 Å². The Hall–Kier alpha value is -3.41. The van der Waals surface area contributed by atoms with Crippen molar-refractivity contribution in [2.75, 3.05) is 20.1 Å². The van der Waals surface area contributed by atoms with Gasteiger partial charge in [0.15, 0.2) is 0 Å². The number of likely N-dealkylation sites (tertiary alicyclic amines) is 1. The van der Waals surface area contributed by atoms with E-state index in [1.165, 1.54) is 0 Å². The minimum Gasteiger partial charge on any atom is -0.344 e. The number of aromatic amines is 1. The molecule has 2 amide bonds. The molecule has 2 heterocycles. The monoisotopic (exact) mass is 430 g/mol. The van der Waals surface area contributed by atoms with Crippen LogP contribution in [0.1, 0.15) is 43.0 Å². The topological polar surface area (TPSA) is 69.3 Å². The lowest BCUT2D eigenvalue weighted by Crippen LogP contribution is -2.46. The fraction of sp³-hybridized carbons (Fsp3) is 0.346. The van der Waals surface area contributed by atoms with Crippen LogP contribution in [0.4, 0.5) is 0 Å². The minimum absolute atomic E-state index is 0.0268. The number of rotatable bonds is 8. The Morgan fingerprint density at radius 3 is 2.53 bits per heavy atom. The van der Waals surface area contributed by atoms with Crippen LogP contribution < -0.4 is 0 Å². The first kappa shape index (κ1) is 21.8. The van der Waals surface area contributed by atoms with Gasteiger partial charge in [-0.05, 0) is 37.3 Å². The highest BCUT2D eigenvalue weighted by molar-refractivity contribution is 5.89. The van der Waals surface area contributed by atoms with Crippen molar-refractivity contribution >= 4 is 11.8 Å². The Morgan fingerprint density at radius 2 is 1.81 bits per heavy atom. The normalized spacial score (nSPS) is 14.9. The number of benzene rings is 2. The second kappa shape index (κ2) is 10.3. The van der Waals surface area contributed by atoms with Gasteiger partial charge in [-0.2, -0.15) is 5.10 Å². The molecule has 1 N–H and O–H groups in total. The van der Waals surface area contributed by atoms with Gasteiger partial charge in [0.25, 0.3) is 0 Å². The zero-order valence-corrected chi connectivity index (χ0v) is 18.5. The number of amides is 2. The summed E-state index contributed by atoms with van der Waals surface area (Å²) in [4.78, 5) is 29.6. The summed E-state index contributed by atoms with van der Waals surface area (Å²) in [5.74, 6) is 0.0405. The number of carbonyl (C=O) groups is 2. The fourth-order valence-corrected chi connectivity index (χ4v) is 4.26. The molecule has 0 bridgehead atoms. The Morgan fingerprint density at radius 1 is 1.09 bits per heavy atom. The molecule has 0 spiro atoms. The van der Waals surface area contributed by atoms with Gasteiger partial charge >= 0.3 is 0 Å². The molecule has 1 atom stereocenters. The summed E-state index contributed by atoms with van der Waals surface area (Å²) in [7, 11) is 1.83. The number of hydrogen-bond donors (Lipinski definition) is 1. The van der Waals surface area contributed by atoms with Crippen molar-refractivity contribution in [3.63, 3.8) is 0 Å². The third kappa shape index (κ3) is 5.07. The van der Waals surface area contributed by atoms with Gasteiger partial charge in [0.1, 0.15) is 6.04 Å². The highest BCUT2D eigenvalue weighted by Crippen LogP contribution is 2.27. The zero-order chi connectivity index (χ0) is 22.3. The first-order valence-corrected chi connectivity index (χ1v) is 11.3. The van der Waals surface area contributed by atoms with Crippen LogP contribution in [0.2, 0.25) is 0 Å². The van der Waals surface area contributed by atoms with Crippen LogP contribution in [0.25, 0.3) is 11.3 Å². The van der Waals surface area contributed by atoms with Crippen LogP contribution in [0.15, 0.2) is 66.7 Å². The average Bonchev–Trinajstić information content (AvgIpc) is 3.30. The zero-order valence-electron chi connectivity index (χ0n) is 18.5. The lowest BCUT2D eigenvalue weighted by molar-refractivity contribution is -0.147. The van der Waals surface area contributed by atoms with E-state index in [9.17, 15) is 9.59 Å². The first-order valence-electron chi connectivity index (χ1n) is 11.3. The van der Waals surface area contributed by atoms with Crippen molar-refractivity contribution in [3.05, 3.63) is 78.0 Å². The van der Waals surface area contributed by atoms with Gasteiger partial charge < -0.3 is 9.80 Å². The smallest absolute Gasteiger partial charge is 0.249 e. The lowest BCUT2D eigenvalue weighted by atomic mass is 10.00. The van der Waals surface area contributed by atoms with E-state index in [0.717, 1.165) is 48.2 Å². The van der Waals surface area contributed by atoms with Gasteiger partial charge in [0, 0.05) is 37.8 Å². The third-order valence-electron chi connectivity index (χ3n) is 6.04. The first-order chi connectivity index (χ1) is 15.6. The summed E-state index contributed by atoms with van der Waals surface area (Å²) in [5.41, 5.74) is 3.94. The number of hydrogen-bond acceptors (Lipinski definition) is 3. The van der Waals surface area contributed by atoms with Crippen molar-refractivity contribution in [2.45, 2.75) is 38.1 Å². The molecular weight excluding hydrogens is 400 g/mol. The number of nitrogens with one attached hydrogen (secondary N) is 1. The number of likely N-dealkylation sites (N-methyl/N-ethyl adjacent to an activating group) is 1. The second-order valence-electron chi connectivity index (χ2n) is 8.37. The summed E-state index contributed by atoms with van der Waals surface area (Å²) in [6.07, 6.45) is 3.97. The van der Waals surface area contributed by atoms with Crippen molar-refractivity contribution in [1.82, 2.24) is 20.0 Å². The molecule has 1 aliphatic rings. The quantitative estimate of drug-likeness (QED) is 0.582. The highest BCUT2D eigenvalue weighted by Gasteiger charge is 2.34. The number of carbonyl (C=O) groups excluding carboxylic acids is 2. The van der Waals surface area contributed by atoms with E-state index in [4.69, 9.17) is 0 Å². The summed E-state index contributed by atoms with van der Waals surface area (Å²) in [5, 5.41) is 7.51. The Labute approximate surface area is 189 Å². The Bertz CT molecular complexity index is 1030. The number of H-pyrrole nitrogens is 1. The molecule has 1 aliphatic heterocycles. The van der Waals surface area contributed by atoms with Crippen LogP contribution in [0, 0.1) is 0 Å². The van der Waals surface area contributed by atoms with Crippen LogP contribution in [0.3, 0.4) is 0 Å². The summed E-state index contributed by atoms with van der Waals surface area (Å²) in [6.45, 7) is 1.25. The molecular formula is C26H30N4O2. The Balaban J connectivity index is 1.39. The lowest BCUT2D eigenvalue weighted by Gasteiger charge is -2.36. The van der Waals surface area contributed by atoms with Crippen LogP contribution >= 0.6 is 0 Å². The van der Waals surface area contributed by atoms with Gasteiger partial charge in [-0.25, -0.2) is 0 Å². The van der Waals surface area contributed by atoms with Gasteiger partial charge in [-0.15, -0.1) is 0 Å². The average molecular weight is 431 g/mol. The summed E-state index contributed by atoms with van der Waals surface area (Å²) in [6, 6.07) is 21.2. The molecule has 166 valence electrons. The Kier molecular flexibility index (Phi) is 7.00. The molecule has 1 unspecified atom stereocenters. The summed E-state index contributed by atoms with van der Waals surface area (Å²) < 4.78 is 0. The molecule has 1 aromatic heterocycles. The molecule has 1 fully saturated rings. The molecule has 0 aliphatic carbocycles. The van der Waals surface area contributed by atoms with E-state index < -0.39 is 6.04 Å². The predicted octanol–water partition coefficient (Wildman–Crippen LogP) is 4.22. The van der Waals surface area contributed by atoms with Gasteiger partial charge in [0.05, 0.1) is 5.69 Å². The standard InChI is InChI=1S/C26H30N4O2/c1-29(17-10-15-22-19-23(28-27-22)20-11-4-2-5-12-20)26(32)25(21-13-6-3-7-14-21)30-18-9-8-16-24(30)31/h2-7,11-14,19,25H,8-10,15-18H2,1H3,(H,27,28). The van der Waals surface area contributed by atoms with E-state index in [2.05, 4.69) is 16.3 Å².